The van der Waals surface area contributed by atoms with Crippen LogP contribution in [-0.4, -0.2) is 56.2 Å². The Morgan fingerprint density at radius 1 is 1.24 bits per heavy atom. The molecule has 1 atom stereocenters. The SMILES string of the molecule is CC1(C)NC(=O)N(CCCC(=O)N2CCCCC2c2nc(N)ncc2-c2ccc(Cl)cc2)C1=O. The van der Waals surface area contributed by atoms with Crippen LogP contribution in [0, 0.1) is 0 Å². The van der Waals surface area contributed by atoms with Crippen LogP contribution in [0.4, 0.5) is 10.7 Å². The summed E-state index contributed by atoms with van der Waals surface area (Å²) in [4.78, 5) is 49.5. The van der Waals surface area contributed by atoms with Gasteiger partial charge in [-0.3, -0.25) is 14.5 Å². The third-order valence-corrected chi connectivity index (χ3v) is 6.60. The fourth-order valence-electron chi connectivity index (χ4n) is 4.58. The molecular formula is C24H29ClN6O3. The first-order valence-corrected chi connectivity index (χ1v) is 11.9. The van der Waals surface area contributed by atoms with Crippen molar-refractivity contribution in [3.8, 4) is 11.1 Å². The molecule has 34 heavy (non-hydrogen) atoms. The Kier molecular flexibility index (Phi) is 6.74. The molecule has 0 bridgehead atoms. The smallest absolute Gasteiger partial charge is 0.325 e. The highest BCUT2D eigenvalue weighted by Gasteiger charge is 2.43. The molecule has 0 saturated carbocycles. The van der Waals surface area contributed by atoms with E-state index in [4.69, 9.17) is 17.3 Å². The minimum Gasteiger partial charge on any atom is -0.368 e. The maximum Gasteiger partial charge on any atom is 0.325 e. The Hall–Kier alpha value is -3.20. The number of nitrogens with two attached hydrogens (primary N) is 1. The van der Waals surface area contributed by atoms with Crippen molar-refractivity contribution in [2.45, 2.75) is 57.5 Å². The average Bonchev–Trinajstić information content (AvgIpc) is 3.01. The molecule has 2 aliphatic heterocycles. The summed E-state index contributed by atoms with van der Waals surface area (Å²) in [6, 6.07) is 6.76. The maximum atomic E-state index is 13.3. The van der Waals surface area contributed by atoms with E-state index in [1.54, 1.807) is 32.2 Å². The number of benzene rings is 1. The summed E-state index contributed by atoms with van der Waals surface area (Å²) in [5, 5.41) is 3.29. The number of carbonyl (C=O) groups is 3. The first kappa shape index (κ1) is 23.9. The molecular weight excluding hydrogens is 456 g/mol. The van der Waals surface area contributed by atoms with Crippen LogP contribution >= 0.6 is 11.6 Å². The third kappa shape index (κ3) is 4.84. The number of aromatic nitrogens is 2. The van der Waals surface area contributed by atoms with E-state index < -0.39 is 11.6 Å². The Morgan fingerprint density at radius 2 is 1.97 bits per heavy atom. The van der Waals surface area contributed by atoms with Gasteiger partial charge < -0.3 is 16.0 Å². The number of halogens is 1. The Morgan fingerprint density at radius 3 is 2.65 bits per heavy atom. The first-order chi connectivity index (χ1) is 16.2. The highest BCUT2D eigenvalue weighted by molar-refractivity contribution is 6.30. The molecule has 3 heterocycles. The van der Waals surface area contributed by atoms with Crippen molar-refractivity contribution in [3.63, 3.8) is 0 Å². The van der Waals surface area contributed by atoms with Gasteiger partial charge in [0.05, 0.1) is 11.7 Å². The standard InChI is InChI=1S/C24H29ClN6O3/c1-24(2)21(33)31(23(34)29-24)13-5-7-19(32)30-12-4-3-6-18(30)20-17(14-27-22(26)28-20)15-8-10-16(25)11-9-15/h8-11,14,18H,3-7,12-13H2,1-2H3,(H,29,34)(H2,26,27,28). The van der Waals surface area contributed by atoms with Gasteiger partial charge in [0, 0.05) is 36.3 Å². The zero-order valence-electron chi connectivity index (χ0n) is 19.4. The number of urea groups is 1. The van der Waals surface area contributed by atoms with E-state index >= 15 is 0 Å². The van der Waals surface area contributed by atoms with Crippen LogP contribution in [0.3, 0.4) is 0 Å². The Balaban J connectivity index is 1.50. The molecule has 0 radical (unpaired) electrons. The summed E-state index contributed by atoms with van der Waals surface area (Å²) >= 11 is 6.05. The quantitative estimate of drug-likeness (QED) is 0.605. The molecule has 0 aliphatic carbocycles. The predicted molar refractivity (Wildman–Crippen MR) is 129 cm³/mol. The monoisotopic (exact) mass is 484 g/mol. The molecule has 0 spiro atoms. The van der Waals surface area contributed by atoms with Crippen LogP contribution in [0.2, 0.25) is 5.02 Å². The lowest BCUT2D eigenvalue weighted by Crippen LogP contribution is -2.41. The van der Waals surface area contributed by atoms with E-state index in [0.29, 0.717) is 18.0 Å². The summed E-state index contributed by atoms with van der Waals surface area (Å²) in [5.41, 5.74) is 7.46. The number of nitrogens with zero attached hydrogens (tertiary/aromatic N) is 4. The third-order valence-electron chi connectivity index (χ3n) is 6.35. The lowest BCUT2D eigenvalue weighted by atomic mass is 9.93. The number of nitrogens with one attached hydrogen (secondary N) is 1. The average molecular weight is 485 g/mol. The maximum absolute atomic E-state index is 13.3. The van der Waals surface area contributed by atoms with Crippen LogP contribution in [0.25, 0.3) is 11.1 Å². The van der Waals surface area contributed by atoms with Gasteiger partial charge >= 0.3 is 6.03 Å². The number of nitrogen functional groups attached to an aromatic ring is 1. The van der Waals surface area contributed by atoms with Gasteiger partial charge in [-0.05, 0) is 57.2 Å². The Bertz CT molecular complexity index is 1100. The molecule has 10 heteroatoms. The molecule has 9 nitrogen and oxygen atoms in total. The van der Waals surface area contributed by atoms with E-state index in [0.717, 1.165) is 36.1 Å². The summed E-state index contributed by atoms with van der Waals surface area (Å²) in [6.07, 6.45) is 4.95. The minimum atomic E-state index is -0.913. The van der Waals surface area contributed by atoms with Crippen LogP contribution < -0.4 is 11.1 Å². The molecule has 2 saturated heterocycles. The zero-order valence-corrected chi connectivity index (χ0v) is 20.1. The van der Waals surface area contributed by atoms with Crippen molar-refractivity contribution >= 4 is 35.4 Å². The van der Waals surface area contributed by atoms with E-state index in [-0.39, 0.29) is 36.8 Å². The van der Waals surface area contributed by atoms with E-state index in [9.17, 15) is 14.4 Å². The lowest BCUT2D eigenvalue weighted by molar-refractivity contribution is -0.136. The molecule has 2 fully saturated rings. The van der Waals surface area contributed by atoms with E-state index in [1.807, 2.05) is 17.0 Å². The van der Waals surface area contributed by atoms with Gasteiger partial charge in [-0.1, -0.05) is 23.7 Å². The topological polar surface area (TPSA) is 122 Å². The van der Waals surface area contributed by atoms with Crippen molar-refractivity contribution in [2.24, 2.45) is 0 Å². The molecule has 1 aromatic heterocycles. The molecule has 180 valence electrons. The second kappa shape index (κ2) is 9.58. The minimum absolute atomic E-state index is 0.0322. The van der Waals surface area contributed by atoms with Gasteiger partial charge in [0.25, 0.3) is 5.91 Å². The molecule has 1 unspecified atom stereocenters. The van der Waals surface area contributed by atoms with Gasteiger partial charge in [-0.2, -0.15) is 0 Å². The van der Waals surface area contributed by atoms with Crippen LogP contribution in [0.5, 0.6) is 0 Å². The van der Waals surface area contributed by atoms with Gasteiger partial charge in [0.1, 0.15) is 5.54 Å². The highest BCUT2D eigenvalue weighted by atomic mass is 35.5. The van der Waals surface area contributed by atoms with Gasteiger partial charge in [-0.15, -0.1) is 0 Å². The van der Waals surface area contributed by atoms with Crippen LogP contribution in [0.15, 0.2) is 30.5 Å². The summed E-state index contributed by atoms with van der Waals surface area (Å²) in [6.45, 7) is 4.16. The molecule has 1 aromatic carbocycles. The Labute approximate surface area is 203 Å². The van der Waals surface area contributed by atoms with Crippen LogP contribution in [-0.2, 0) is 9.59 Å². The van der Waals surface area contributed by atoms with Gasteiger partial charge in [-0.25, -0.2) is 14.8 Å². The number of piperidine rings is 1. The van der Waals surface area contributed by atoms with Crippen molar-refractivity contribution < 1.29 is 14.4 Å². The largest absolute Gasteiger partial charge is 0.368 e. The molecule has 2 aromatic rings. The first-order valence-electron chi connectivity index (χ1n) is 11.5. The summed E-state index contributed by atoms with van der Waals surface area (Å²) in [7, 11) is 0. The van der Waals surface area contributed by atoms with Gasteiger partial charge in [0.15, 0.2) is 0 Å². The summed E-state index contributed by atoms with van der Waals surface area (Å²) < 4.78 is 0. The van der Waals surface area contributed by atoms with E-state index in [2.05, 4.69) is 15.3 Å². The van der Waals surface area contributed by atoms with Crippen LogP contribution in [0.1, 0.15) is 57.7 Å². The number of anilines is 1. The second-order valence-electron chi connectivity index (χ2n) is 9.25. The molecule has 4 amide bonds. The number of imide groups is 1. The normalized spacial score (nSPS) is 19.9. The zero-order chi connectivity index (χ0) is 24.5. The van der Waals surface area contributed by atoms with Gasteiger partial charge in [0.2, 0.25) is 11.9 Å². The van der Waals surface area contributed by atoms with Crippen molar-refractivity contribution in [3.05, 3.63) is 41.2 Å². The lowest BCUT2D eigenvalue weighted by Gasteiger charge is -2.36. The fourth-order valence-corrected chi connectivity index (χ4v) is 4.71. The number of carbonyl (C=O) groups excluding carboxylic acids is 3. The summed E-state index contributed by atoms with van der Waals surface area (Å²) in [5.74, 6) is -0.146. The second-order valence-corrected chi connectivity index (χ2v) is 9.68. The molecule has 3 N–H and O–H groups in total. The predicted octanol–water partition coefficient (Wildman–Crippen LogP) is 3.54. The molecule has 2 aliphatic rings. The highest BCUT2D eigenvalue weighted by Crippen LogP contribution is 2.36. The molecule has 4 rings (SSSR count). The van der Waals surface area contributed by atoms with E-state index in [1.165, 1.54) is 4.90 Å². The fraction of sp³-hybridized carbons (Fsp3) is 0.458. The number of hydrogen-bond donors (Lipinski definition) is 2. The number of hydrogen-bond acceptors (Lipinski definition) is 6. The van der Waals surface area contributed by atoms with Crippen molar-refractivity contribution in [1.29, 1.82) is 0 Å². The number of rotatable bonds is 6. The van der Waals surface area contributed by atoms with Crippen molar-refractivity contribution in [1.82, 2.24) is 25.1 Å². The number of amides is 4. The van der Waals surface area contributed by atoms with Crippen molar-refractivity contribution in [2.75, 3.05) is 18.8 Å². The number of likely N-dealkylation sites (tertiary alicyclic amines) is 1.